The van der Waals surface area contributed by atoms with Crippen molar-refractivity contribution in [2.75, 3.05) is 37.8 Å². The van der Waals surface area contributed by atoms with Gasteiger partial charge in [0.05, 0.1) is 6.26 Å². The van der Waals surface area contributed by atoms with E-state index in [1.807, 2.05) is 19.9 Å². The van der Waals surface area contributed by atoms with E-state index >= 15 is 0 Å². The van der Waals surface area contributed by atoms with Crippen LogP contribution in [0.2, 0.25) is 0 Å². The summed E-state index contributed by atoms with van der Waals surface area (Å²) in [4.78, 5) is 6.40. The van der Waals surface area contributed by atoms with Gasteiger partial charge in [-0.25, -0.2) is 17.5 Å². The molecule has 0 aromatic heterocycles. The molecule has 1 saturated heterocycles. The van der Waals surface area contributed by atoms with Gasteiger partial charge in [0.15, 0.2) is 5.96 Å². The Hall–Kier alpha value is -1.14. The van der Waals surface area contributed by atoms with Crippen LogP contribution in [0.5, 0.6) is 0 Å². The van der Waals surface area contributed by atoms with E-state index in [9.17, 15) is 12.8 Å². The molecule has 0 saturated carbocycles. The highest BCUT2D eigenvalue weighted by atomic mass is 127. The van der Waals surface area contributed by atoms with E-state index in [1.165, 1.54) is 6.07 Å². The minimum Gasteiger partial charge on any atom is -0.371 e. The Bertz CT molecular complexity index is 765. The number of guanidine groups is 1. The fourth-order valence-corrected chi connectivity index (χ4v) is 4.26. The van der Waals surface area contributed by atoms with Crippen LogP contribution in [0.3, 0.4) is 0 Å². The summed E-state index contributed by atoms with van der Waals surface area (Å²) in [5.74, 6) is 0.422. The second-order valence-electron chi connectivity index (χ2n) is 7.57. The predicted octanol–water partition coefficient (Wildman–Crippen LogP) is 1.91. The molecule has 28 heavy (non-hydrogen) atoms. The summed E-state index contributed by atoms with van der Waals surface area (Å²) in [5, 5.41) is 6.56. The van der Waals surface area contributed by atoms with E-state index in [2.05, 4.69) is 25.2 Å². The van der Waals surface area contributed by atoms with Crippen LogP contribution in [0, 0.1) is 5.82 Å². The van der Waals surface area contributed by atoms with Crippen LogP contribution in [0.1, 0.15) is 26.7 Å². The van der Waals surface area contributed by atoms with Crippen LogP contribution in [-0.2, 0) is 10.0 Å². The standard InChI is InChI=1S/C18H30FN5O2S.HI/c1-18(2,23-27(4,25)26)13-21-17(20-3)22-15-8-10-24(11-9-15)16-7-5-6-14(19)12-16;/h5-7,12,15,23H,8-11,13H2,1-4H3,(H2,20,21,22);1H. The Kier molecular flexibility index (Phi) is 9.41. The Balaban J connectivity index is 0.00000392. The van der Waals surface area contributed by atoms with Gasteiger partial charge in [0.25, 0.3) is 0 Å². The summed E-state index contributed by atoms with van der Waals surface area (Å²) in [6.07, 6.45) is 2.96. The Morgan fingerprint density at radius 3 is 2.50 bits per heavy atom. The molecule has 0 amide bonds. The third-order valence-corrected chi connectivity index (χ3v) is 5.32. The molecule has 1 fully saturated rings. The van der Waals surface area contributed by atoms with Crippen molar-refractivity contribution < 1.29 is 12.8 Å². The van der Waals surface area contributed by atoms with Crippen molar-refractivity contribution in [3.05, 3.63) is 30.1 Å². The average Bonchev–Trinajstić information content (AvgIpc) is 2.57. The van der Waals surface area contributed by atoms with Crippen LogP contribution in [0.4, 0.5) is 10.1 Å². The molecule has 0 radical (unpaired) electrons. The number of hydrogen-bond donors (Lipinski definition) is 3. The van der Waals surface area contributed by atoms with Crippen LogP contribution in [0.15, 0.2) is 29.3 Å². The van der Waals surface area contributed by atoms with Gasteiger partial charge in [0, 0.05) is 44.0 Å². The number of nitrogens with zero attached hydrogens (tertiary/aromatic N) is 2. The Morgan fingerprint density at radius 2 is 1.96 bits per heavy atom. The summed E-state index contributed by atoms with van der Waals surface area (Å²) >= 11 is 0. The molecule has 7 nitrogen and oxygen atoms in total. The van der Waals surface area contributed by atoms with Crippen molar-refractivity contribution in [1.82, 2.24) is 15.4 Å². The minimum absolute atomic E-state index is 0. The molecule has 1 aliphatic rings. The lowest BCUT2D eigenvalue weighted by Gasteiger charge is -2.35. The minimum atomic E-state index is -3.28. The third kappa shape index (κ3) is 8.48. The highest BCUT2D eigenvalue weighted by Crippen LogP contribution is 2.20. The van der Waals surface area contributed by atoms with Crippen molar-refractivity contribution in [1.29, 1.82) is 0 Å². The predicted molar refractivity (Wildman–Crippen MR) is 124 cm³/mol. The molecule has 160 valence electrons. The maximum absolute atomic E-state index is 13.4. The molecule has 1 aromatic carbocycles. The number of benzene rings is 1. The number of aliphatic imine (C=N–C) groups is 1. The molecule has 1 aliphatic heterocycles. The first-order chi connectivity index (χ1) is 12.6. The molecular formula is C18H31FIN5O2S. The summed E-state index contributed by atoms with van der Waals surface area (Å²) in [6, 6.07) is 6.92. The lowest BCUT2D eigenvalue weighted by atomic mass is 10.0. The molecular weight excluding hydrogens is 496 g/mol. The summed E-state index contributed by atoms with van der Waals surface area (Å²) < 4.78 is 38.9. The third-order valence-electron chi connectivity index (χ3n) is 4.39. The molecule has 0 atom stereocenters. The van der Waals surface area contributed by atoms with Crippen molar-refractivity contribution in [2.24, 2.45) is 4.99 Å². The van der Waals surface area contributed by atoms with Crippen LogP contribution in [-0.4, -0.2) is 58.9 Å². The smallest absolute Gasteiger partial charge is 0.209 e. The lowest BCUT2D eigenvalue weighted by Crippen LogP contribution is -2.55. The summed E-state index contributed by atoms with van der Waals surface area (Å²) in [5.41, 5.74) is 0.274. The average molecular weight is 527 g/mol. The molecule has 1 heterocycles. The molecule has 0 bridgehead atoms. The number of nitrogens with one attached hydrogen (secondary N) is 3. The quantitative estimate of drug-likeness (QED) is 0.299. The molecule has 0 unspecified atom stereocenters. The fraction of sp³-hybridized carbons (Fsp3) is 0.611. The zero-order chi connectivity index (χ0) is 20.1. The van der Waals surface area contributed by atoms with Crippen LogP contribution >= 0.6 is 24.0 Å². The van der Waals surface area contributed by atoms with Gasteiger partial charge in [-0.05, 0) is 44.9 Å². The first-order valence-corrected chi connectivity index (χ1v) is 10.9. The number of sulfonamides is 1. The first kappa shape index (κ1) is 24.9. The van der Waals surface area contributed by atoms with E-state index in [4.69, 9.17) is 0 Å². The Labute approximate surface area is 184 Å². The second-order valence-corrected chi connectivity index (χ2v) is 9.32. The van der Waals surface area contributed by atoms with E-state index in [0.29, 0.717) is 12.5 Å². The number of rotatable bonds is 6. The van der Waals surface area contributed by atoms with Crippen LogP contribution in [0.25, 0.3) is 0 Å². The molecule has 0 aliphatic carbocycles. The Morgan fingerprint density at radius 1 is 1.32 bits per heavy atom. The lowest BCUT2D eigenvalue weighted by molar-refractivity contribution is 0.434. The molecule has 3 N–H and O–H groups in total. The van der Waals surface area contributed by atoms with Gasteiger partial charge in [0.1, 0.15) is 5.82 Å². The van der Waals surface area contributed by atoms with Gasteiger partial charge in [-0.15, -0.1) is 24.0 Å². The van der Waals surface area contributed by atoms with Gasteiger partial charge >= 0.3 is 0 Å². The number of hydrogen-bond acceptors (Lipinski definition) is 4. The van der Waals surface area contributed by atoms with Crippen molar-refractivity contribution >= 4 is 45.6 Å². The molecule has 1 aromatic rings. The maximum Gasteiger partial charge on any atom is 0.209 e. The molecule has 2 rings (SSSR count). The summed E-state index contributed by atoms with van der Waals surface area (Å²) in [7, 11) is -1.59. The second kappa shape index (κ2) is 10.6. The fourth-order valence-electron chi connectivity index (χ4n) is 3.19. The monoisotopic (exact) mass is 527 g/mol. The van der Waals surface area contributed by atoms with Crippen LogP contribution < -0.4 is 20.3 Å². The largest absolute Gasteiger partial charge is 0.371 e. The normalized spacial score (nSPS) is 16.5. The van der Waals surface area contributed by atoms with E-state index in [0.717, 1.165) is 37.9 Å². The number of piperidine rings is 1. The van der Waals surface area contributed by atoms with E-state index in [1.54, 1.807) is 19.2 Å². The van der Waals surface area contributed by atoms with Gasteiger partial charge in [0.2, 0.25) is 10.0 Å². The maximum atomic E-state index is 13.4. The first-order valence-electron chi connectivity index (χ1n) is 9.05. The van der Waals surface area contributed by atoms with E-state index in [-0.39, 0.29) is 35.8 Å². The SMILES string of the molecule is CN=C(NCC(C)(C)NS(C)(=O)=O)NC1CCN(c2cccc(F)c2)CC1.I. The number of halogens is 2. The van der Waals surface area contributed by atoms with Gasteiger partial charge in [-0.2, -0.15) is 0 Å². The van der Waals surface area contributed by atoms with Gasteiger partial charge in [-0.1, -0.05) is 6.07 Å². The zero-order valence-electron chi connectivity index (χ0n) is 16.8. The van der Waals surface area contributed by atoms with Gasteiger partial charge < -0.3 is 15.5 Å². The van der Waals surface area contributed by atoms with Crippen molar-refractivity contribution in [3.63, 3.8) is 0 Å². The topological polar surface area (TPSA) is 85.8 Å². The van der Waals surface area contributed by atoms with E-state index < -0.39 is 15.6 Å². The van der Waals surface area contributed by atoms with Crippen molar-refractivity contribution in [2.45, 2.75) is 38.3 Å². The highest BCUT2D eigenvalue weighted by molar-refractivity contribution is 14.0. The molecule has 0 spiro atoms. The molecule has 10 heteroatoms. The summed E-state index contributed by atoms with van der Waals surface area (Å²) in [6.45, 7) is 5.69. The highest BCUT2D eigenvalue weighted by Gasteiger charge is 2.24. The number of anilines is 1. The van der Waals surface area contributed by atoms with Gasteiger partial charge in [-0.3, -0.25) is 4.99 Å². The zero-order valence-corrected chi connectivity index (χ0v) is 20.0. The van der Waals surface area contributed by atoms with Crippen molar-refractivity contribution in [3.8, 4) is 0 Å².